The van der Waals surface area contributed by atoms with Crippen LogP contribution in [0.1, 0.15) is 26.7 Å². The summed E-state index contributed by atoms with van der Waals surface area (Å²) in [5.74, 6) is -0.949. The van der Waals surface area contributed by atoms with Crippen LogP contribution in [-0.2, 0) is 4.79 Å². The zero-order valence-corrected chi connectivity index (χ0v) is 6.85. The Balaban J connectivity index is 4.39. The Hall–Kier alpha value is -0.860. The molecule has 0 aromatic heterocycles. The van der Waals surface area contributed by atoms with Crippen molar-refractivity contribution in [2.45, 2.75) is 26.7 Å². The Morgan fingerprint density at radius 3 is 2.36 bits per heavy atom. The summed E-state index contributed by atoms with van der Waals surface area (Å²) >= 11 is 0. The number of hydrogen-bond donors (Lipinski definition) is 1. The normalized spacial score (nSPS) is 12.6. The maximum absolute atomic E-state index is 11.8. The standard InChI is InChI=1S/C8H13FO2/c1-3-7(4-5-9)6(2)8(10)11/h3-5H2,1-2H3,(H,10,11). The second-order valence-electron chi connectivity index (χ2n) is 2.33. The highest BCUT2D eigenvalue weighted by molar-refractivity contribution is 5.86. The zero-order chi connectivity index (χ0) is 8.85. The van der Waals surface area contributed by atoms with E-state index in [-0.39, 0.29) is 12.0 Å². The number of carboxylic acid groups (broad SMARTS) is 1. The quantitative estimate of drug-likeness (QED) is 0.640. The van der Waals surface area contributed by atoms with Crippen LogP contribution in [0.15, 0.2) is 11.1 Å². The highest BCUT2D eigenvalue weighted by Gasteiger charge is 2.06. The smallest absolute Gasteiger partial charge is 0.331 e. The van der Waals surface area contributed by atoms with Crippen LogP contribution < -0.4 is 0 Å². The molecule has 0 heterocycles. The second kappa shape index (κ2) is 4.88. The average Bonchev–Trinajstić information content (AvgIpc) is 1.98. The largest absolute Gasteiger partial charge is 0.478 e. The van der Waals surface area contributed by atoms with Crippen molar-refractivity contribution >= 4 is 5.97 Å². The topological polar surface area (TPSA) is 37.3 Å². The van der Waals surface area contributed by atoms with Gasteiger partial charge in [0.15, 0.2) is 0 Å². The third kappa shape index (κ3) is 3.16. The van der Waals surface area contributed by atoms with Crippen molar-refractivity contribution in [3.05, 3.63) is 11.1 Å². The monoisotopic (exact) mass is 160 g/mol. The van der Waals surface area contributed by atoms with Gasteiger partial charge in [-0.2, -0.15) is 0 Å². The van der Waals surface area contributed by atoms with Crippen LogP contribution in [-0.4, -0.2) is 17.8 Å². The molecule has 0 atom stereocenters. The lowest BCUT2D eigenvalue weighted by atomic mass is 10.0. The van der Waals surface area contributed by atoms with Crippen molar-refractivity contribution in [3.8, 4) is 0 Å². The molecule has 0 amide bonds. The Bertz CT molecular complexity index is 173. The third-order valence-corrected chi connectivity index (χ3v) is 1.67. The van der Waals surface area contributed by atoms with Gasteiger partial charge in [-0.3, -0.25) is 4.39 Å². The van der Waals surface area contributed by atoms with E-state index in [1.54, 1.807) is 0 Å². The number of aliphatic carboxylic acids is 1. The summed E-state index contributed by atoms with van der Waals surface area (Å²) in [4.78, 5) is 10.4. The molecule has 1 N–H and O–H groups in total. The molecule has 11 heavy (non-hydrogen) atoms. The molecule has 2 nitrogen and oxygen atoms in total. The lowest BCUT2D eigenvalue weighted by Crippen LogP contribution is -2.01. The maximum atomic E-state index is 11.8. The van der Waals surface area contributed by atoms with E-state index in [2.05, 4.69) is 0 Å². The summed E-state index contributed by atoms with van der Waals surface area (Å²) in [6.07, 6.45) is 0.858. The van der Waals surface area contributed by atoms with Crippen molar-refractivity contribution in [2.24, 2.45) is 0 Å². The lowest BCUT2D eigenvalue weighted by Gasteiger charge is -2.03. The van der Waals surface area contributed by atoms with Crippen LogP contribution in [0.3, 0.4) is 0 Å². The Morgan fingerprint density at radius 2 is 2.09 bits per heavy atom. The predicted molar refractivity (Wildman–Crippen MR) is 41.2 cm³/mol. The minimum absolute atomic E-state index is 0.245. The molecule has 0 rings (SSSR count). The van der Waals surface area contributed by atoms with Crippen molar-refractivity contribution in [1.29, 1.82) is 0 Å². The Morgan fingerprint density at radius 1 is 1.55 bits per heavy atom. The number of halogens is 1. The van der Waals surface area contributed by atoms with Crippen molar-refractivity contribution < 1.29 is 14.3 Å². The van der Waals surface area contributed by atoms with E-state index >= 15 is 0 Å². The highest BCUT2D eigenvalue weighted by atomic mass is 19.1. The molecule has 0 aliphatic carbocycles. The number of carbonyl (C=O) groups is 1. The fourth-order valence-electron chi connectivity index (χ4n) is 0.895. The molecule has 0 radical (unpaired) electrons. The van der Waals surface area contributed by atoms with Gasteiger partial charge in [0.25, 0.3) is 0 Å². The number of hydrogen-bond acceptors (Lipinski definition) is 1. The number of alkyl halides is 1. The molecule has 0 aliphatic heterocycles. The lowest BCUT2D eigenvalue weighted by molar-refractivity contribution is -0.132. The first-order valence-electron chi connectivity index (χ1n) is 3.61. The van der Waals surface area contributed by atoms with Crippen LogP contribution in [0, 0.1) is 0 Å². The molecule has 0 spiro atoms. The number of rotatable bonds is 4. The summed E-state index contributed by atoms with van der Waals surface area (Å²) in [7, 11) is 0. The van der Waals surface area contributed by atoms with Gasteiger partial charge in [-0.15, -0.1) is 0 Å². The second-order valence-corrected chi connectivity index (χ2v) is 2.33. The number of allylic oxidation sites excluding steroid dienone is 1. The molecule has 3 heteroatoms. The van der Waals surface area contributed by atoms with Crippen LogP contribution in [0.4, 0.5) is 4.39 Å². The molecule has 0 saturated carbocycles. The van der Waals surface area contributed by atoms with E-state index < -0.39 is 12.6 Å². The molecular formula is C8H13FO2. The minimum Gasteiger partial charge on any atom is -0.478 e. The molecule has 0 aromatic rings. The summed E-state index contributed by atoms with van der Waals surface area (Å²) in [5, 5.41) is 8.53. The van der Waals surface area contributed by atoms with Gasteiger partial charge in [0.2, 0.25) is 0 Å². The van der Waals surface area contributed by atoms with Crippen LogP contribution in [0.5, 0.6) is 0 Å². The van der Waals surface area contributed by atoms with Crippen LogP contribution >= 0.6 is 0 Å². The molecule has 0 aromatic carbocycles. The van der Waals surface area contributed by atoms with Gasteiger partial charge in [-0.25, -0.2) is 4.79 Å². The van der Waals surface area contributed by atoms with Crippen molar-refractivity contribution in [1.82, 2.24) is 0 Å². The van der Waals surface area contributed by atoms with Gasteiger partial charge in [0, 0.05) is 5.57 Å². The van der Waals surface area contributed by atoms with Crippen LogP contribution in [0.25, 0.3) is 0 Å². The van der Waals surface area contributed by atoms with Gasteiger partial charge in [0.05, 0.1) is 6.67 Å². The Kier molecular flexibility index (Phi) is 4.50. The van der Waals surface area contributed by atoms with E-state index in [1.807, 2.05) is 6.92 Å². The molecule has 0 saturated heterocycles. The van der Waals surface area contributed by atoms with Gasteiger partial charge < -0.3 is 5.11 Å². The molecular weight excluding hydrogens is 147 g/mol. The van der Waals surface area contributed by atoms with Gasteiger partial charge >= 0.3 is 5.97 Å². The van der Waals surface area contributed by atoms with Crippen molar-refractivity contribution in [2.75, 3.05) is 6.67 Å². The third-order valence-electron chi connectivity index (χ3n) is 1.67. The molecule has 0 fully saturated rings. The summed E-state index contributed by atoms with van der Waals surface area (Å²) in [5.41, 5.74) is 0.977. The van der Waals surface area contributed by atoms with Crippen molar-refractivity contribution in [3.63, 3.8) is 0 Å². The van der Waals surface area contributed by atoms with E-state index in [9.17, 15) is 9.18 Å². The summed E-state index contributed by atoms with van der Waals surface area (Å²) < 4.78 is 11.8. The molecule has 0 aliphatic rings. The van der Waals surface area contributed by atoms with Crippen LogP contribution in [0.2, 0.25) is 0 Å². The van der Waals surface area contributed by atoms with Gasteiger partial charge in [-0.05, 0) is 19.8 Å². The first kappa shape index (κ1) is 10.1. The van der Waals surface area contributed by atoms with E-state index in [0.29, 0.717) is 12.0 Å². The Labute approximate surface area is 65.7 Å². The SMILES string of the molecule is CCC(CCF)=C(C)C(=O)O. The minimum atomic E-state index is -0.949. The van der Waals surface area contributed by atoms with Gasteiger partial charge in [0.1, 0.15) is 0 Å². The predicted octanol–water partition coefficient (Wildman–Crippen LogP) is 2.16. The van der Waals surface area contributed by atoms with E-state index in [4.69, 9.17) is 5.11 Å². The van der Waals surface area contributed by atoms with Gasteiger partial charge in [-0.1, -0.05) is 12.5 Å². The fraction of sp³-hybridized carbons (Fsp3) is 0.625. The number of carboxylic acids is 1. The first-order valence-corrected chi connectivity index (χ1v) is 3.61. The maximum Gasteiger partial charge on any atom is 0.331 e. The molecule has 0 unspecified atom stereocenters. The highest BCUT2D eigenvalue weighted by Crippen LogP contribution is 2.12. The fourth-order valence-corrected chi connectivity index (χ4v) is 0.895. The summed E-state index contributed by atoms with van der Waals surface area (Å²) in [6, 6.07) is 0. The van der Waals surface area contributed by atoms with E-state index in [1.165, 1.54) is 6.92 Å². The van der Waals surface area contributed by atoms with E-state index in [0.717, 1.165) is 0 Å². The molecule has 64 valence electrons. The first-order chi connectivity index (χ1) is 5.13. The zero-order valence-electron chi connectivity index (χ0n) is 6.85. The average molecular weight is 160 g/mol. The summed E-state index contributed by atoms with van der Waals surface area (Å²) in [6.45, 7) is 2.86. The molecule has 0 bridgehead atoms.